The molecule has 0 unspecified atom stereocenters. The topological polar surface area (TPSA) is 49.3 Å². The Labute approximate surface area is 164 Å². The molecule has 150 valence electrons. The first-order valence-electron chi connectivity index (χ1n) is 10.8. The molecule has 0 amide bonds. The average molecular weight is 373 g/mol. The van der Waals surface area contributed by atoms with Crippen molar-refractivity contribution >= 4 is 12.0 Å². The van der Waals surface area contributed by atoms with Crippen molar-refractivity contribution in [2.45, 2.75) is 77.7 Å². The summed E-state index contributed by atoms with van der Waals surface area (Å²) in [5, 5.41) is 0. The van der Waals surface area contributed by atoms with Gasteiger partial charge in [-0.15, -0.1) is 0 Å². The maximum Gasteiger partial charge on any atom is 0.130 e. The van der Waals surface area contributed by atoms with Gasteiger partial charge >= 0.3 is 0 Å². The summed E-state index contributed by atoms with van der Waals surface area (Å²) in [7, 11) is 0. The van der Waals surface area contributed by atoms with Crippen molar-refractivity contribution in [2.24, 2.45) is 5.41 Å². The molecule has 4 rings (SSSR count). The number of piperazine rings is 1. The molecule has 5 heteroatoms. The van der Waals surface area contributed by atoms with E-state index in [4.69, 9.17) is 0 Å². The molecule has 27 heavy (non-hydrogen) atoms. The van der Waals surface area contributed by atoms with Crippen molar-refractivity contribution in [1.29, 1.82) is 0 Å². The Kier molecular flexibility index (Phi) is 6.85. The van der Waals surface area contributed by atoms with E-state index in [0.717, 1.165) is 43.1 Å². The van der Waals surface area contributed by atoms with Crippen LogP contribution in [-0.2, 0) is 4.79 Å². The summed E-state index contributed by atoms with van der Waals surface area (Å²) in [4.78, 5) is 23.6. The van der Waals surface area contributed by atoms with Gasteiger partial charge in [-0.25, -0.2) is 9.97 Å². The number of carbonyl (C=O) groups is 1. The van der Waals surface area contributed by atoms with Crippen molar-refractivity contribution in [3.05, 3.63) is 18.2 Å². The van der Waals surface area contributed by atoms with E-state index in [1.54, 1.807) is 0 Å². The van der Waals surface area contributed by atoms with Gasteiger partial charge in [0.25, 0.3) is 0 Å². The number of carbonyl (C=O) groups excluding carboxylic acids is 1. The van der Waals surface area contributed by atoms with Crippen molar-refractivity contribution in [1.82, 2.24) is 14.9 Å². The third-order valence-electron chi connectivity index (χ3n) is 6.53. The van der Waals surface area contributed by atoms with E-state index >= 15 is 0 Å². The largest absolute Gasteiger partial charge is 0.366 e. The molecule has 1 aromatic rings. The van der Waals surface area contributed by atoms with Crippen molar-refractivity contribution < 1.29 is 4.79 Å². The van der Waals surface area contributed by atoms with Crippen LogP contribution in [0.5, 0.6) is 0 Å². The van der Waals surface area contributed by atoms with Crippen LogP contribution in [0.1, 0.15) is 77.5 Å². The highest BCUT2D eigenvalue weighted by Gasteiger charge is 2.49. The molecule has 2 heterocycles. The van der Waals surface area contributed by atoms with Crippen LogP contribution in [0.3, 0.4) is 0 Å². The quantitative estimate of drug-likeness (QED) is 0.730. The van der Waals surface area contributed by atoms with Crippen LogP contribution < -0.4 is 4.90 Å². The summed E-state index contributed by atoms with van der Waals surface area (Å²) >= 11 is 0. The molecule has 3 fully saturated rings. The first-order chi connectivity index (χ1) is 13.1. The summed E-state index contributed by atoms with van der Waals surface area (Å²) in [6.07, 6.45) is 14.1. The van der Waals surface area contributed by atoms with Crippen LogP contribution >= 0.6 is 0 Å². The van der Waals surface area contributed by atoms with Gasteiger partial charge in [0.15, 0.2) is 0 Å². The summed E-state index contributed by atoms with van der Waals surface area (Å²) < 4.78 is 0. The fraction of sp³-hybridized carbons (Fsp3) is 0.773. The van der Waals surface area contributed by atoms with Crippen LogP contribution in [0.25, 0.3) is 0 Å². The minimum atomic E-state index is 0.406. The Hall–Kier alpha value is -1.49. The Bertz CT molecular complexity index is 581. The molecule has 0 N–H and O–H groups in total. The molecule has 2 saturated carbocycles. The molecular formula is C22H36N4O. The highest BCUT2D eigenvalue weighted by Crippen LogP contribution is 2.57. The van der Waals surface area contributed by atoms with Gasteiger partial charge in [0.05, 0.1) is 18.1 Å². The lowest BCUT2D eigenvalue weighted by atomic mass is 9.54. The van der Waals surface area contributed by atoms with Gasteiger partial charge in [0.2, 0.25) is 0 Å². The summed E-state index contributed by atoms with van der Waals surface area (Å²) in [6.45, 7) is 10.9. The highest BCUT2D eigenvalue weighted by molar-refractivity contribution is 5.48. The standard InChI is InChI=1S/C18H28N4.C4H8O/c1-14(2)17-19-12-16(13-20-17)22-8-6-21(7-9-22)15-10-18(11-15)4-3-5-18;1-2-3-4-5/h12-15H,3-11H2,1-2H3;4H,2-3H2,1H3. The van der Waals surface area contributed by atoms with E-state index in [2.05, 4.69) is 33.6 Å². The van der Waals surface area contributed by atoms with E-state index in [1.165, 1.54) is 50.9 Å². The Morgan fingerprint density at radius 1 is 1.15 bits per heavy atom. The zero-order valence-electron chi connectivity index (χ0n) is 17.4. The number of aromatic nitrogens is 2. The molecule has 3 aliphatic rings. The van der Waals surface area contributed by atoms with E-state index in [-0.39, 0.29) is 0 Å². The van der Waals surface area contributed by atoms with E-state index < -0.39 is 0 Å². The van der Waals surface area contributed by atoms with Gasteiger partial charge < -0.3 is 9.69 Å². The molecule has 1 aliphatic heterocycles. The van der Waals surface area contributed by atoms with E-state index in [9.17, 15) is 4.79 Å². The first kappa shape index (κ1) is 20.2. The third-order valence-corrected chi connectivity index (χ3v) is 6.53. The monoisotopic (exact) mass is 372 g/mol. The molecule has 0 aromatic carbocycles. The molecular weight excluding hydrogens is 336 g/mol. The smallest absolute Gasteiger partial charge is 0.130 e. The van der Waals surface area contributed by atoms with Crippen LogP contribution in [0.2, 0.25) is 0 Å². The Balaban J connectivity index is 0.000000376. The van der Waals surface area contributed by atoms with Gasteiger partial charge in [-0.2, -0.15) is 0 Å². The number of rotatable bonds is 5. The van der Waals surface area contributed by atoms with Crippen LogP contribution in [0, 0.1) is 5.41 Å². The highest BCUT2D eigenvalue weighted by atomic mass is 16.1. The zero-order chi connectivity index (χ0) is 19.3. The molecule has 0 atom stereocenters. The SMILES string of the molecule is CC(C)c1ncc(N2CCN(C3CC4(CCC4)C3)CC2)cn1.CCCC=O. The lowest BCUT2D eigenvalue weighted by molar-refractivity contribution is -0.107. The van der Waals surface area contributed by atoms with Crippen LogP contribution in [-0.4, -0.2) is 53.4 Å². The van der Waals surface area contributed by atoms with E-state index in [1.807, 2.05) is 19.3 Å². The fourth-order valence-electron chi connectivity index (χ4n) is 4.54. The second-order valence-corrected chi connectivity index (χ2v) is 8.85. The minimum absolute atomic E-state index is 0.406. The van der Waals surface area contributed by atoms with Crippen LogP contribution in [0.4, 0.5) is 5.69 Å². The van der Waals surface area contributed by atoms with Crippen molar-refractivity contribution in [3.63, 3.8) is 0 Å². The van der Waals surface area contributed by atoms with Gasteiger partial charge in [-0.3, -0.25) is 4.90 Å². The Morgan fingerprint density at radius 3 is 2.19 bits per heavy atom. The maximum atomic E-state index is 9.40. The first-order valence-corrected chi connectivity index (χ1v) is 10.8. The lowest BCUT2D eigenvalue weighted by Gasteiger charge is -2.58. The number of anilines is 1. The zero-order valence-corrected chi connectivity index (χ0v) is 17.4. The number of hydrogen-bond donors (Lipinski definition) is 0. The van der Waals surface area contributed by atoms with Gasteiger partial charge in [0, 0.05) is 44.6 Å². The second-order valence-electron chi connectivity index (χ2n) is 8.85. The average Bonchev–Trinajstić information content (AvgIpc) is 2.61. The summed E-state index contributed by atoms with van der Waals surface area (Å²) in [5.74, 6) is 1.35. The van der Waals surface area contributed by atoms with E-state index in [0.29, 0.717) is 12.3 Å². The second kappa shape index (κ2) is 9.13. The normalized spacial score (nSPS) is 22.0. The summed E-state index contributed by atoms with van der Waals surface area (Å²) in [6, 6.07) is 0.877. The van der Waals surface area contributed by atoms with Crippen LogP contribution in [0.15, 0.2) is 12.4 Å². The molecule has 0 radical (unpaired) electrons. The molecule has 1 spiro atoms. The van der Waals surface area contributed by atoms with Gasteiger partial charge in [-0.05, 0) is 37.5 Å². The van der Waals surface area contributed by atoms with Gasteiger partial charge in [0.1, 0.15) is 12.1 Å². The number of aldehydes is 1. The maximum absolute atomic E-state index is 9.40. The molecule has 5 nitrogen and oxygen atoms in total. The predicted octanol–water partition coefficient (Wildman–Crippen LogP) is 4.04. The Morgan fingerprint density at radius 2 is 1.78 bits per heavy atom. The fourth-order valence-corrected chi connectivity index (χ4v) is 4.54. The number of nitrogens with zero attached hydrogens (tertiary/aromatic N) is 4. The number of hydrogen-bond acceptors (Lipinski definition) is 5. The molecule has 1 saturated heterocycles. The lowest BCUT2D eigenvalue weighted by Crippen LogP contribution is -2.58. The molecule has 2 aliphatic carbocycles. The molecule has 1 aromatic heterocycles. The third kappa shape index (κ3) is 4.87. The van der Waals surface area contributed by atoms with Crippen molar-refractivity contribution in [2.75, 3.05) is 31.1 Å². The van der Waals surface area contributed by atoms with Gasteiger partial charge in [-0.1, -0.05) is 27.2 Å². The summed E-state index contributed by atoms with van der Waals surface area (Å²) in [5.41, 5.74) is 1.98. The number of unbranched alkanes of at least 4 members (excludes halogenated alkanes) is 1. The molecule has 0 bridgehead atoms. The van der Waals surface area contributed by atoms with Crippen molar-refractivity contribution in [3.8, 4) is 0 Å². The predicted molar refractivity (Wildman–Crippen MR) is 110 cm³/mol. The minimum Gasteiger partial charge on any atom is -0.366 e.